The summed E-state index contributed by atoms with van der Waals surface area (Å²) in [6.07, 6.45) is 0. The van der Waals surface area contributed by atoms with Crippen LogP contribution in [0.2, 0.25) is 0 Å². The Morgan fingerprint density at radius 1 is 0.905 bits per heavy atom. The van der Waals surface area contributed by atoms with Gasteiger partial charge in [0, 0.05) is 20.2 Å². The molecule has 3 rings (SSSR count). The van der Waals surface area contributed by atoms with Gasteiger partial charge in [-0.3, -0.25) is 0 Å². The quantitative estimate of drug-likeness (QED) is 0.886. The molecule has 0 fully saturated rings. The highest BCUT2D eigenvalue weighted by Crippen LogP contribution is 2.32. The summed E-state index contributed by atoms with van der Waals surface area (Å²) in [5, 5.41) is 3.43. The smallest absolute Gasteiger partial charge is 0.231 e. The van der Waals surface area contributed by atoms with Crippen LogP contribution in [0.5, 0.6) is 11.5 Å². The maximum absolute atomic E-state index is 5.38. The Labute approximate surface area is 124 Å². The first-order valence-electron chi connectivity index (χ1n) is 7.01. The first kappa shape index (κ1) is 13.9. The number of ether oxygens (including phenoxy) is 3. The van der Waals surface area contributed by atoms with E-state index in [0.29, 0.717) is 13.4 Å². The summed E-state index contributed by atoms with van der Waals surface area (Å²) in [4.78, 5) is 0. The average Bonchev–Trinajstić information content (AvgIpc) is 2.97. The Balaban J connectivity index is 1.51. The molecule has 0 saturated heterocycles. The summed E-state index contributed by atoms with van der Waals surface area (Å²) in [6.45, 7) is 2.61. The van der Waals surface area contributed by atoms with Crippen molar-refractivity contribution < 1.29 is 14.2 Å². The molecule has 0 bridgehead atoms. The Morgan fingerprint density at radius 2 is 1.57 bits per heavy atom. The molecule has 0 spiro atoms. The standard InChI is InChI=1S/C17H19NO3/c1-19-11-14-4-2-13(3-5-14)9-18-10-15-6-7-16-17(8-15)21-12-20-16/h2-8,18H,9-12H2,1H3. The van der Waals surface area contributed by atoms with Gasteiger partial charge in [-0.25, -0.2) is 0 Å². The molecule has 1 aliphatic rings. The maximum atomic E-state index is 5.38. The van der Waals surface area contributed by atoms with E-state index in [0.717, 1.165) is 24.6 Å². The van der Waals surface area contributed by atoms with Gasteiger partial charge in [0.1, 0.15) is 0 Å². The van der Waals surface area contributed by atoms with Gasteiger partial charge < -0.3 is 19.5 Å². The monoisotopic (exact) mass is 285 g/mol. The van der Waals surface area contributed by atoms with Crippen molar-refractivity contribution in [3.8, 4) is 11.5 Å². The van der Waals surface area contributed by atoms with E-state index in [1.165, 1.54) is 16.7 Å². The van der Waals surface area contributed by atoms with Gasteiger partial charge in [-0.05, 0) is 28.8 Å². The lowest BCUT2D eigenvalue weighted by Gasteiger charge is -2.07. The molecule has 0 amide bonds. The highest BCUT2D eigenvalue weighted by Gasteiger charge is 2.12. The van der Waals surface area contributed by atoms with Gasteiger partial charge in [0.05, 0.1) is 6.61 Å². The van der Waals surface area contributed by atoms with Crippen LogP contribution < -0.4 is 14.8 Å². The summed E-state index contributed by atoms with van der Waals surface area (Å²) in [5.41, 5.74) is 3.64. The molecule has 0 aromatic heterocycles. The number of methoxy groups -OCH3 is 1. The molecule has 1 aliphatic heterocycles. The van der Waals surface area contributed by atoms with E-state index in [1.807, 2.05) is 12.1 Å². The van der Waals surface area contributed by atoms with Gasteiger partial charge in [-0.2, -0.15) is 0 Å². The van der Waals surface area contributed by atoms with E-state index < -0.39 is 0 Å². The number of fused-ring (bicyclic) bond motifs is 1. The van der Waals surface area contributed by atoms with Crippen molar-refractivity contribution in [2.24, 2.45) is 0 Å². The van der Waals surface area contributed by atoms with Gasteiger partial charge >= 0.3 is 0 Å². The van der Waals surface area contributed by atoms with Crippen molar-refractivity contribution in [3.05, 3.63) is 59.2 Å². The van der Waals surface area contributed by atoms with Crippen LogP contribution in [0, 0.1) is 0 Å². The molecule has 2 aromatic carbocycles. The van der Waals surface area contributed by atoms with Crippen LogP contribution in [-0.2, 0) is 24.4 Å². The van der Waals surface area contributed by atoms with Crippen LogP contribution >= 0.6 is 0 Å². The predicted octanol–water partition coefficient (Wildman–Crippen LogP) is 2.85. The molecule has 0 saturated carbocycles. The topological polar surface area (TPSA) is 39.7 Å². The van der Waals surface area contributed by atoms with Crippen molar-refractivity contribution in [2.75, 3.05) is 13.9 Å². The molecule has 0 aliphatic carbocycles. The minimum atomic E-state index is 0.319. The molecule has 1 heterocycles. The summed E-state index contributed by atoms with van der Waals surface area (Å²) < 4.78 is 15.8. The Kier molecular flexibility index (Phi) is 4.38. The molecule has 4 heteroatoms. The normalized spacial score (nSPS) is 12.6. The summed E-state index contributed by atoms with van der Waals surface area (Å²) in [7, 11) is 1.71. The third kappa shape index (κ3) is 3.54. The van der Waals surface area contributed by atoms with E-state index in [4.69, 9.17) is 14.2 Å². The third-order valence-electron chi connectivity index (χ3n) is 3.43. The molecular weight excluding hydrogens is 266 g/mol. The molecule has 4 nitrogen and oxygen atoms in total. The second-order valence-electron chi connectivity index (χ2n) is 5.04. The van der Waals surface area contributed by atoms with Gasteiger partial charge in [0.2, 0.25) is 6.79 Å². The molecule has 2 aromatic rings. The van der Waals surface area contributed by atoms with E-state index in [2.05, 4.69) is 35.6 Å². The molecule has 0 atom stereocenters. The molecule has 1 N–H and O–H groups in total. The van der Waals surface area contributed by atoms with Crippen LogP contribution in [-0.4, -0.2) is 13.9 Å². The summed E-state index contributed by atoms with van der Waals surface area (Å²) >= 11 is 0. The van der Waals surface area contributed by atoms with Crippen LogP contribution in [0.4, 0.5) is 0 Å². The van der Waals surface area contributed by atoms with Crippen LogP contribution in [0.15, 0.2) is 42.5 Å². The van der Waals surface area contributed by atoms with Gasteiger partial charge in [0.15, 0.2) is 11.5 Å². The fourth-order valence-corrected chi connectivity index (χ4v) is 2.32. The van der Waals surface area contributed by atoms with Gasteiger partial charge in [-0.15, -0.1) is 0 Å². The van der Waals surface area contributed by atoms with Crippen molar-refractivity contribution in [1.29, 1.82) is 0 Å². The molecule has 110 valence electrons. The second-order valence-corrected chi connectivity index (χ2v) is 5.04. The zero-order valence-electron chi connectivity index (χ0n) is 12.1. The van der Waals surface area contributed by atoms with E-state index >= 15 is 0 Å². The van der Waals surface area contributed by atoms with Crippen molar-refractivity contribution in [3.63, 3.8) is 0 Å². The lowest BCUT2D eigenvalue weighted by molar-refractivity contribution is 0.174. The summed E-state index contributed by atoms with van der Waals surface area (Å²) in [5.74, 6) is 1.66. The highest BCUT2D eigenvalue weighted by molar-refractivity contribution is 5.44. The number of nitrogens with one attached hydrogen (secondary N) is 1. The molecular formula is C17H19NO3. The number of hydrogen-bond acceptors (Lipinski definition) is 4. The summed E-state index contributed by atoms with van der Waals surface area (Å²) in [6, 6.07) is 14.5. The minimum absolute atomic E-state index is 0.319. The predicted molar refractivity (Wildman–Crippen MR) is 80.3 cm³/mol. The van der Waals surface area contributed by atoms with Crippen LogP contribution in [0.1, 0.15) is 16.7 Å². The minimum Gasteiger partial charge on any atom is -0.454 e. The van der Waals surface area contributed by atoms with Gasteiger partial charge in [-0.1, -0.05) is 30.3 Å². The fourth-order valence-electron chi connectivity index (χ4n) is 2.32. The Bertz CT molecular complexity index is 595. The zero-order chi connectivity index (χ0) is 14.5. The van der Waals surface area contributed by atoms with Crippen LogP contribution in [0.3, 0.4) is 0 Å². The third-order valence-corrected chi connectivity index (χ3v) is 3.43. The van der Waals surface area contributed by atoms with E-state index in [9.17, 15) is 0 Å². The maximum Gasteiger partial charge on any atom is 0.231 e. The zero-order valence-corrected chi connectivity index (χ0v) is 12.1. The largest absolute Gasteiger partial charge is 0.454 e. The number of hydrogen-bond donors (Lipinski definition) is 1. The lowest BCUT2D eigenvalue weighted by atomic mass is 10.1. The highest BCUT2D eigenvalue weighted by atomic mass is 16.7. The van der Waals surface area contributed by atoms with Crippen molar-refractivity contribution >= 4 is 0 Å². The first-order chi connectivity index (χ1) is 10.3. The molecule has 21 heavy (non-hydrogen) atoms. The SMILES string of the molecule is COCc1ccc(CNCc2ccc3c(c2)OCO3)cc1. The first-order valence-corrected chi connectivity index (χ1v) is 7.01. The van der Waals surface area contributed by atoms with Crippen molar-refractivity contribution in [2.45, 2.75) is 19.7 Å². The second kappa shape index (κ2) is 6.61. The average molecular weight is 285 g/mol. The van der Waals surface area contributed by atoms with Gasteiger partial charge in [0.25, 0.3) is 0 Å². The Hall–Kier alpha value is -2.04. The molecule has 0 radical (unpaired) electrons. The van der Waals surface area contributed by atoms with E-state index in [-0.39, 0.29) is 0 Å². The van der Waals surface area contributed by atoms with Crippen molar-refractivity contribution in [1.82, 2.24) is 5.32 Å². The Morgan fingerprint density at radius 3 is 2.38 bits per heavy atom. The fraction of sp³-hybridized carbons (Fsp3) is 0.294. The van der Waals surface area contributed by atoms with E-state index in [1.54, 1.807) is 7.11 Å². The van der Waals surface area contributed by atoms with Crippen LogP contribution in [0.25, 0.3) is 0 Å². The molecule has 0 unspecified atom stereocenters. The number of rotatable bonds is 6. The number of benzene rings is 2. The lowest BCUT2D eigenvalue weighted by Crippen LogP contribution is -2.12.